The quantitative estimate of drug-likeness (QED) is 0.337. The molecule has 1 rings (SSSR count). The van der Waals surface area contributed by atoms with Crippen molar-refractivity contribution in [2.24, 2.45) is 0 Å². The topological polar surface area (TPSA) is 52.6 Å². The maximum atomic E-state index is 13.2. The smallest absolute Gasteiger partial charge is 0.308 e. The third-order valence-electron chi connectivity index (χ3n) is 5.00. The van der Waals surface area contributed by atoms with Crippen molar-refractivity contribution in [3.63, 3.8) is 0 Å². The lowest BCUT2D eigenvalue weighted by Crippen LogP contribution is -2.32. The molecular weight excluding hydrogens is 383 g/mol. The van der Waals surface area contributed by atoms with Gasteiger partial charge in [-0.05, 0) is 61.3 Å². The van der Waals surface area contributed by atoms with Crippen LogP contribution in [0.4, 0.5) is 0 Å². The van der Waals surface area contributed by atoms with Crippen LogP contribution in [0.3, 0.4) is 0 Å². The second-order valence-corrected chi connectivity index (χ2v) is 12.6. The summed E-state index contributed by atoms with van der Waals surface area (Å²) < 4.78 is 24.0. The summed E-state index contributed by atoms with van der Waals surface area (Å²) in [5, 5.41) is -1.26. The van der Waals surface area contributed by atoms with E-state index in [0.29, 0.717) is 0 Å². The molecule has 0 spiro atoms. The normalized spacial score (nSPS) is 13.9. The highest BCUT2D eigenvalue weighted by atomic mass is 31.2. The van der Waals surface area contributed by atoms with Crippen molar-refractivity contribution in [1.82, 2.24) is 0 Å². The van der Waals surface area contributed by atoms with Crippen molar-refractivity contribution in [3.8, 4) is 0 Å². The molecule has 29 heavy (non-hydrogen) atoms. The number of benzene rings is 1. The molecule has 0 bridgehead atoms. The van der Waals surface area contributed by atoms with Crippen molar-refractivity contribution in [2.45, 2.75) is 85.2 Å². The van der Waals surface area contributed by atoms with Crippen molar-refractivity contribution in [2.75, 3.05) is 13.2 Å². The minimum absolute atomic E-state index is 0.00718. The Labute approximate surface area is 177 Å². The zero-order valence-electron chi connectivity index (χ0n) is 19.9. The molecule has 1 aromatic rings. The van der Waals surface area contributed by atoms with Crippen LogP contribution < -0.4 is 0 Å². The molecule has 164 valence electrons. The zero-order chi connectivity index (χ0) is 22.7. The van der Waals surface area contributed by atoms with Gasteiger partial charge in [0, 0.05) is 0 Å². The van der Waals surface area contributed by atoms with E-state index in [1.54, 1.807) is 33.8 Å². The summed E-state index contributed by atoms with van der Waals surface area (Å²) in [6.45, 7) is 20.2. The third kappa shape index (κ3) is 6.38. The summed E-state index contributed by atoms with van der Waals surface area (Å²) in [5.41, 5.74) is 3.37. The summed E-state index contributed by atoms with van der Waals surface area (Å²) in [5.74, 6) is -0.277. The van der Waals surface area contributed by atoms with Gasteiger partial charge in [-0.3, -0.25) is 9.36 Å². The van der Waals surface area contributed by atoms with E-state index in [2.05, 4.69) is 59.7 Å². The standard InChI is InChI=1S/C24H39O4P/c1-11-27-29(26,28-12-2)24(9,10)21(25)14-13-18-15-19(22(3,4)5)17-20(16-18)23(6,7)8/h13-17H,11-12H2,1-10H3/b14-13+. The number of hydrogen-bond donors (Lipinski definition) is 0. The molecule has 0 radical (unpaired) electrons. The predicted molar refractivity (Wildman–Crippen MR) is 123 cm³/mol. The number of carbonyl (C=O) groups excluding carboxylic acids is 1. The fraction of sp³-hybridized carbons (Fsp3) is 0.625. The van der Waals surface area contributed by atoms with Gasteiger partial charge in [-0.25, -0.2) is 0 Å². The van der Waals surface area contributed by atoms with E-state index in [-0.39, 0.29) is 29.8 Å². The Balaban J connectivity index is 3.34. The average Bonchev–Trinajstić information content (AvgIpc) is 2.58. The van der Waals surface area contributed by atoms with E-state index in [0.717, 1.165) is 5.56 Å². The van der Waals surface area contributed by atoms with E-state index < -0.39 is 12.8 Å². The van der Waals surface area contributed by atoms with Crippen LogP contribution in [0.25, 0.3) is 6.08 Å². The number of allylic oxidation sites excluding steroid dienone is 1. The molecule has 0 aromatic heterocycles. The fourth-order valence-electron chi connectivity index (χ4n) is 2.82. The minimum atomic E-state index is -3.57. The van der Waals surface area contributed by atoms with E-state index in [4.69, 9.17) is 9.05 Å². The molecule has 0 aliphatic heterocycles. The van der Waals surface area contributed by atoms with Gasteiger partial charge >= 0.3 is 7.60 Å². The zero-order valence-corrected chi connectivity index (χ0v) is 20.8. The average molecular weight is 423 g/mol. The Morgan fingerprint density at radius 2 is 1.28 bits per heavy atom. The molecule has 0 aliphatic rings. The lowest BCUT2D eigenvalue weighted by Gasteiger charge is -2.30. The van der Waals surface area contributed by atoms with E-state index in [1.165, 1.54) is 17.2 Å². The lowest BCUT2D eigenvalue weighted by molar-refractivity contribution is -0.116. The molecule has 4 nitrogen and oxygen atoms in total. The Morgan fingerprint density at radius 3 is 1.62 bits per heavy atom. The van der Waals surface area contributed by atoms with Gasteiger partial charge in [0.1, 0.15) is 5.16 Å². The van der Waals surface area contributed by atoms with Crippen LogP contribution in [0.1, 0.15) is 85.9 Å². The van der Waals surface area contributed by atoms with Crippen LogP contribution in [0.5, 0.6) is 0 Å². The van der Waals surface area contributed by atoms with Gasteiger partial charge in [0.05, 0.1) is 13.2 Å². The molecule has 0 unspecified atom stereocenters. The third-order valence-corrected chi connectivity index (χ3v) is 7.79. The lowest BCUT2D eigenvalue weighted by atomic mass is 9.79. The highest BCUT2D eigenvalue weighted by Crippen LogP contribution is 2.60. The van der Waals surface area contributed by atoms with Gasteiger partial charge in [0.25, 0.3) is 0 Å². The van der Waals surface area contributed by atoms with Gasteiger partial charge in [-0.2, -0.15) is 0 Å². The van der Waals surface area contributed by atoms with Gasteiger partial charge < -0.3 is 9.05 Å². The Bertz CT molecular complexity index is 750. The minimum Gasteiger partial charge on any atom is -0.308 e. The summed E-state index contributed by atoms with van der Waals surface area (Å²) in [6.07, 6.45) is 3.30. The second kappa shape index (κ2) is 9.29. The van der Waals surface area contributed by atoms with Crippen LogP contribution >= 0.6 is 7.60 Å². The number of carbonyl (C=O) groups is 1. The number of rotatable bonds is 8. The molecular formula is C24H39O4P. The summed E-state index contributed by atoms with van der Waals surface area (Å²) in [7, 11) is -3.57. The predicted octanol–water partition coefficient (Wildman–Crippen LogP) is 6.91. The molecule has 0 saturated carbocycles. The second-order valence-electron chi connectivity index (χ2n) is 9.93. The molecule has 0 N–H and O–H groups in total. The highest BCUT2D eigenvalue weighted by Gasteiger charge is 2.47. The molecule has 0 aliphatic carbocycles. The Morgan fingerprint density at radius 1 is 0.862 bits per heavy atom. The van der Waals surface area contributed by atoms with Gasteiger partial charge in [0.2, 0.25) is 0 Å². The van der Waals surface area contributed by atoms with Crippen molar-refractivity contribution >= 4 is 19.5 Å². The molecule has 0 amide bonds. The first-order valence-corrected chi connectivity index (χ1v) is 11.9. The van der Waals surface area contributed by atoms with Gasteiger partial charge in [-0.15, -0.1) is 0 Å². The van der Waals surface area contributed by atoms with Crippen molar-refractivity contribution < 1.29 is 18.4 Å². The first-order chi connectivity index (χ1) is 13.1. The molecule has 0 atom stereocenters. The van der Waals surface area contributed by atoms with Crippen molar-refractivity contribution in [1.29, 1.82) is 0 Å². The maximum Gasteiger partial charge on any atom is 0.343 e. The van der Waals surface area contributed by atoms with Crippen LogP contribution in [-0.2, 0) is 29.2 Å². The van der Waals surface area contributed by atoms with Crippen LogP contribution in [0.15, 0.2) is 24.3 Å². The summed E-state index contributed by atoms with van der Waals surface area (Å²) >= 11 is 0. The maximum absolute atomic E-state index is 13.2. The number of ketones is 1. The SMILES string of the molecule is CCOP(=O)(OCC)C(C)(C)C(=O)/C=C/c1cc(C(C)(C)C)cc(C(C)(C)C)c1. The first kappa shape index (κ1) is 25.8. The van der Waals surface area contributed by atoms with Crippen molar-refractivity contribution in [3.05, 3.63) is 41.0 Å². The van der Waals surface area contributed by atoms with E-state index in [9.17, 15) is 9.36 Å². The summed E-state index contributed by atoms with van der Waals surface area (Å²) in [6, 6.07) is 6.45. The molecule has 1 aromatic carbocycles. The monoisotopic (exact) mass is 422 g/mol. The van der Waals surface area contributed by atoms with Crippen LogP contribution in [-0.4, -0.2) is 24.2 Å². The molecule has 5 heteroatoms. The molecule has 0 fully saturated rings. The molecule has 0 saturated heterocycles. The molecule has 0 heterocycles. The largest absolute Gasteiger partial charge is 0.343 e. The van der Waals surface area contributed by atoms with Crippen LogP contribution in [0, 0.1) is 0 Å². The van der Waals surface area contributed by atoms with E-state index >= 15 is 0 Å². The Kier molecular flexibility index (Phi) is 8.27. The van der Waals surface area contributed by atoms with Gasteiger partial charge in [-0.1, -0.05) is 65.8 Å². The first-order valence-electron chi connectivity index (χ1n) is 10.4. The van der Waals surface area contributed by atoms with Gasteiger partial charge in [0.15, 0.2) is 5.78 Å². The van der Waals surface area contributed by atoms with E-state index in [1.807, 2.05) is 0 Å². The fourth-order valence-corrected chi connectivity index (χ4v) is 4.57. The van der Waals surface area contributed by atoms with Crippen LogP contribution in [0.2, 0.25) is 0 Å². The Hall–Kier alpha value is -1.22. The number of hydrogen-bond acceptors (Lipinski definition) is 4. The summed E-state index contributed by atoms with van der Waals surface area (Å²) in [4.78, 5) is 13.0. The highest BCUT2D eigenvalue weighted by molar-refractivity contribution is 7.56.